The molecule has 0 saturated carbocycles. The summed E-state index contributed by atoms with van der Waals surface area (Å²) in [6.45, 7) is 0.738. The van der Waals surface area contributed by atoms with Crippen LogP contribution in [0.25, 0.3) is 0 Å². The Morgan fingerprint density at radius 3 is 3.00 bits per heavy atom. The Bertz CT molecular complexity index is 168. The highest BCUT2D eigenvalue weighted by Gasteiger charge is 2.06. The summed E-state index contributed by atoms with van der Waals surface area (Å²) >= 11 is 3.59. The Balaban J connectivity index is 2.64. The van der Waals surface area contributed by atoms with Crippen molar-refractivity contribution < 1.29 is 0 Å². The minimum Gasteiger partial charge on any atom is -0.329 e. The summed E-state index contributed by atoms with van der Waals surface area (Å²) in [7, 11) is 0. The Morgan fingerprint density at radius 1 is 1.80 bits per heavy atom. The standard InChI is InChI=1S/C7H11NS2/c1-9-7(5-8)6-3-2-4-10-6/h2-4,7H,5,8H2,1H3. The topological polar surface area (TPSA) is 26.0 Å². The molecule has 0 aliphatic heterocycles. The molecule has 0 spiro atoms. The van der Waals surface area contributed by atoms with E-state index in [0.29, 0.717) is 5.25 Å². The number of hydrogen-bond acceptors (Lipinski definition) is 3. The molecule has 1 aromatic rings. The molecule has 1 nitrogen and oxygen atoms in total. The SMILES string of the molecule is CSC(CN)c1cccs1. The zero-order valence-electron chi connectivity index (χ0n) is 5.91. The Morgan fingerprint density at radius 2 is 2.60 bits per heavy atom. The summed E-state index contributed by atoms with van der Waals surface area (Å²) in [4.78, 5) is 1.38. The van der Waals surface area contributed by atoms with Crippen molar-refractivity contribution in [3.05, 3.63) is 22.4 Å². The van der Waals surface area contributed by atoms with Gasteiger partial charge in [0.1, 0.15) is 0 Å². The van der Waals surface area contributed by atoms with Crippen molar-refractivity contribution in [3.63, 3.8) is 0 Å². The number of nitrogens with two attached hydrogens (primary N) is 1. The normalized spacial score (nSPS) is 13.4. The first kappa shape index (κ1) is 8.11. The summed E-state index contributed by atoms with van der Waals surface area (Å²) in [5.74, 6) is 0. The highest BCUT2D eigenvalue weighted by molar-refractivity contribution is 7.99. The average Bonchev–Trinajstić information content (AvgIpc) is 2.43. The second kappa shape index (κ2) is 4.01. The first-order chi connectivity index (χ1) is 4.88. The van der Waals surface area contributed by atoms with Crippen LogP contribution in [0.15, 0.2) is 17.5 Å². The van der Waals surface area contributed by atoms with E-state index in [4.69, 9.17) is 5.73 Å². The number of thiophene rings is 1. The van der Waals surface area contributed by atoms with Gasteiger partial charge < -0.3 is 5.73 Å². The molecule has 1 rings (SSSR count). The monoisotopic (exact) mass is 173 g/mol. The molecular weight excluding hydrogens is 162 g/mol. The molecule has 1 unspecified atom stereocenters. The van der Waals surface area contributed by atoms with Gasteiger partial charge in [0.25, 0.3) is 0 Å². The lowest BCUT2D eigenvalue weighted by Crippen LogP contribution is -2.07. The van der Waals surface area contributed by atoms with Gasteiger partial charge in [-0.3, -0.25) is 0 Å². The second-order valence-corrected chi connectivity index (χ2v) is 4.00. The molecule has 0 bridgehead atoms. The van der Waals surface area contributed by atoms with Gasteiger partial charge >= 0.3 is 0 Å². The minimum atomic E-state index is 0.500. The Kier molecular flexibility index (Phi) is 3.25. The van der Waals surface area contributed by atoms with Crippen molar-refractivity contribution in [2.45, 2.75) is 5.25 Å². The van der Waals surface area contributed by atoms with E-state index < -0.39 is 0 Å². The maximum atomic E-state index is 5.56. The van der Waals surface area contributed by atoms with Crippen molar-refractivity contribution in [3.8, 4) is 0 Å². The molecule has 56 valence electrons. The van der Waals surface area contributed by atoms with Crippen LogP contribution in [0.4, 0.5) is 0 Å². The fourth-order valence-corrected chi connectivity index (χ4v) is 2.48. The van der Waals surface area contributed by atoms with Crippen LogP contribution in [-0.4, -0.2) is 12.8 Å². The Labute approximate surface area is 69.6 Å². The van der Waals surface area contributed by atoms with Gasteiger partial charge in [0.05, 0.1) is 5.25 Å². The maximum absolute atomic E-state index is 5.56. The molecule has 1 aromatic heterocycles. The molecule has 0 fully saturated rings. The van der Waals surface area contributed by atoms with Crippen LogP contribution in [0, 0.1) is 0 Å². The smallest absolute Gasteiger partial charge is 0.0510 e. The van der Waals surface area contributed by atoms with Crippen LogP contribution < -0.4 is 5.73 Å². The molecular formula is C7H11NS2. The van der Waals surface area contributed by atoms with Crippen molar-refractivity contribution >= 4 is 23.1 Å². The lowest BCUT2D eigenvalue weighted by Gasteiger charge is -2.07. The maximum Gasteiger partial charge on any atom is 0.0510 e. The van der Waals surface area contributed by atoms with Gasteiger partial charge in [0.2, 0.25) is 0 Å². The third-order valence-electron chi connectivity index (χ3n) is 1.36. The summed E-state index contributed by atoms with van der Waals surface area (Å²) in [6.07, 6.45) is 2.09. The van der Waals surface area contributed by atoms with E-state index in [-0.39, 0.29) is 0 Å². The quantitative estimate of drug-likeness (QED) is 0.757. The first-order valence-corrected chi connectivity index (χ1v) is 5.31. The van der Waals surface area contributed by atoms with Crippen molar-refractivity contribution in [2.75, 3.05) is 12.8 Å². The van der Waals surface area contributed by atoms with Crippen LogP contribution in [-0.2, 0) is 0 Å². The van der Waals surface area contributed by atoms with Gasteiger partial charge in [0.15, 0.2) is 0 Å². The zero-order chi connectivity index (χ0) is 7.40. The molecule has 0 aliphatic carbocycles. The van der Waals surface area contributed by atoms with Crippen LogP contribution in [0.1, 0.15) is 10.1 Å². The minimum absolute atomic E-state index is 0.500. The summed E-state index contributed by atoms with van der Waals surface area (Å²) in [6, 6.07) is 4.21. The summed E-state index contributed by atoms with van der Waals surface area (Å²) in [5.41, 5.74) is 5.56. The predicted molar refractivity (Wildman–Crippen MR) is 49.6 cm³/mol. The molecule has 0 aliphatic rings. The third-order valence-corrected chi connectivity index (χ3v) is 3.51. The van der Waals surface area contributed by atoms with Crippen LogP contribution in [0.3, 0.4) is 0 Å². The van der Waals surface area contributed by atoms with Gasteiger partial charge in [-0.2, -0.15) is 11.8 Å². The van der Waals surface area contributed by atoms with Crippen LogP contribution in [0.5, 0.6) is 0 Å². The molecule has 0 aromatic carbocycles. The lowest BCUT2D eigenvalue weighted by atomic mass is 10.3. The van der Waals surface area contributed by atoms with E-state index in [1.54, 1.807) is 11.3 Å². The highest BCUT2D eigenvalue weighted by Crippen LogP contribution is 2.28. The van der Waals surface area contributed by atoms with E-state index in [1.165, 1.54) is 4.88 Å². The lowest BCUT2D eigenvalue weighted by molar-refractivity contribution is 0.964. The van der Waals surface area contributed by atoms with E-state index in [9.17, 15) is 0 Å². The molecule has 10 heavy (non-hydrogen) atoms. The van der Waals surface area contributed by atoms with Gasteiger partial charge in [-0.05, 0) is 17.7 Å². The summed E-state index contributed by atoms with van der Waals surface area (Å²) < 4.78 is 0. The first-order valence-electron chi connectivity index (χ1n) is 3.14. The molecule has 2 N–H and O–H groups in total. The van der Waals surface area contributed by atoms with E-state index in [0.717, 1.165) is 6.54 Å². The van der Waals surface area contributed by atoms with Crippen molar-refractivity contribution in [1.29, 1.82) is 0 Å². The largest absolute Gasteiger partial charge is 0.329 e. The van der Waals surface area contributed by atoms with Gasteiger partial charge in [-0.15, -0.1) is 11.3 Å². The second-order valence-electron chi connectivity index (χ2n) is 1.98. The zero-order valence-corrected chi connectivity index (χ0v) is 7.54. The molecule has 1 atom stereocenters. The predicted octanol–water partition coefficient (Wildman–Crippen LogP) is 2.11. The molecule has 3 heteroatoms. The van der Waals surface area contributed by atoms with E-state index >= 15 is 0 Å². The van der Waals surface area contributed by atoms with Gasteiger partial charge in [-0.25, -0.2) is 0 Å². The number of hydrogen-bond donors (Lipinski definition) is 1. The van der Waals surface area contributed by atoms with Gasteiger partial charge in [0, 0.05) is 11.4 Å². The van der Waals surface area contributed by atoms with Gasteiger partial charge in [-0.1, -0.05) is 6.07 Å². The van der Waals surface area contributed by atoms with E-state index in [1.807, 2.05) is 11.8 Å². The number of rotatable bonds is 3. The fourth-order valence-electron chi connectivity index (χ4n) is 0.803. The molecule has 0 saturated heterocycles. The molecule has 0 radical (unpaired) electrons. The Hall–Kier alpha value is 0.01000. The third kappa shape index (κ3) is 1.75. The van der Waals surface area contributed by atoms with Crippen molar-refractivity contribution in [1.82, 2.24) is 0 Å². The van der Waals surface area contributed by atoms with Crippen LogP contribution in [0.2, 0.25) is 0 Å². The number of thioether (sulfide) groups is 1. The highest BCUT2D eigenvalue weighted by atomic mass is 32.2. The molecule has 0 amide bonds. The van der Waals surface area contributed by atoms with Crippen molar-refractivity contribution in [2.24, 2.45) is 5.73 Å². The van der Waals surface area contributed by atoms with Crippen LogP contribution >= 0.6 is 23.1 Å². The fraction of sp³-hybridized carbons (Fsp3) is 0.429. The summed E-state index contributed by atoms with van der Waals surface area (Å²) in [5, 5.41) is 2.59. The average molecular weight is 173 g/mol. The molecule has 1 heterocycles. The van der Waals surface area contributed by atoms with E-state index in [2.05, 4.69) is 23.8 Å².